The van der Waals surface area contributed by atoms with Crippen LogP contribution < -0.4 is 0 Å². The average Bonchev–Trinajstić information content (AvgIpc) is 2.66. The van der Waals surface area contributed by atoms with Gasteiger partial charge in [0.25, 0.3) is 0 Å². The molecule has 1 aromatic rings. The molecule has 1 aliphatic rings. The van der Waals surface area contributed by atoms with Crippen molar-refractivity contribution in [2.75, 3.05) is 13.6 Å². The number of carbonyl (C=O) groups is 1. The minimum atomic E-state index is -3.57. The summed E-state index contributed by atoms with van der Waals surface area (Å²) < 4.78 is 26.2. The molecule has 7 heteroatoms. The first-order chi connectivity index (χ1) is 8.82. The average molecular weight is 303 g/mol. The fraction of sp³-hybridized carbons (Fsp3) is 0.583. The Balaban J connectivity index is 2.25. The zero-order valence-corrected chi connectivity index (χ0v) is 12.6. The van der Waals surface area contributed by atoms with Gasteiger partial charge in [0.05, 0.1) is 4.90 Å². The number of aromatic carboxylic acids is 1. The smallest absolute Gasteiger partial charge is 0.345 e. The number of hydrogen-bond donors (Lipinski definition) is 1. The molecule has 1 N–H and O–H groups in total. The molecule has 1 fully saturated rings. The van der Waals surface area contributed by atoms with Gasteiger partial charge in [0, 0.05) is 18.5 Å². The summed E-state index contributed by atoms with van der Waals surface area (Å²) in [6.07, 6.45) is 3.31. The Morgan fingerprint density at radius 2 is 2.16 bits per heavy atom. The summed E-state index contributed by atoms with van der Waals surface area (Å²) in [5, 5.41) is 8.92. The Morgan fingerprint density at radius 1 is 1.53 bits per heavy atom. The molecule has 1 heterocycles. The van der Waals surface area contributed by atoms with E-state index in [1.54, 1.807) is 14.0 Å². The summed E-state index contributed by atoms with van der Waals surface area (Å²) in [6, 6.07) is 1.26. The van der Waals surface area contributed by atoms with Gasteiger partial charge in [-0.25, -0.2) is 17.5 Å². The zero-order chi connectivity index (χ0) is 14.2. The van der Waals surface area contributed by atoms with E-state index in [2.05, 4.69) is 0 Å². The van der Waals surface area contributed by atoms with Crippen molar-refractivity contribution in [2.45, 2.75) is 31.1 Å². The maximum Gasteiger partial charge on any atom is 0.345 e. The van der Waals surface area contributed by atoms with E-state index in [4.69, 9.17) is 5.11 Å². The highest BCUT2D eigenvalue weighted by molar-refractivity contribution is 7.89. The summed E-state index contributed by atoms with van der Waals surface area (Å²) in [7, 11) is -2.01. The molecule has 0 aromatic carbocycles. The maximum atomic E-state index is 12.4. The van der Waals surface area contributed by atoms with E-state index in [1.165, 1.54) is 16.8 Å². The Hall–Kier alpha value is -0.920. The highest BCUT2D eigenvalue weighted by Crippen LogP contribution is 2.31. The molecule has 19 heavy (non-hydrogen) atoms. The minimum absolute atomic E-state index is 0.0631. The minimum Gasteiger partial charge on any atom is -0.477 e. The Bertz CT molecular complexity index is 587. The largest absolute Gasteiger partial charge is 0.477 e. The van der Waals surface area contributed by atoms with E-state index in [1.807, 2.05) is 0 Å². The van der Waals surface area contributed by atoms with Crippen molar-refractivity contribution in [3.05, 3.63) is 15.8 Å². The number of carboxylic acid groups (broad SMARTS) is 1. The SMILES string of the molecule is Cc1sc(C(=O)O)cc1S(=O)(=O)N(C)CC1CCC1. The van der Waals surface area contributed by atoms with Crippen LogP contribution in [0.4, 0.5) is 0 Å². The zero-order valence-electron chi connectivity index (χ0n) is 10.9. The van der Waals surface area contributed by atoms with Crippen molar-refractivity contribution in [3.63, 3.8) is 0 Å². The summed E-state index contributed by atoms with van der Waals surface area (Å²) in [6.45, 7) is 2.15. The van der Waals surface area contributed by atoms with Gasteiger partial charge in [-0.2, -0.15) is 0 Å². The molecule has 1 aromatic heterocycles. The van der Waals surface area contributed by atoms with Gasteiger partial charge in [-0.1, -0.05) is 6.42 Å². The van der Waals surface area contributed by atoms with E-state index in [0.29, 0.717) is 17.3 Å². The molecule has 0 atom stereocenters. The van der Waals surface area contributed by atoms with Crippen LogP contribution in [0.1, 0.15) is 33.8 Å². The predicted octanol–water partition coefficient (Wildman–Crippen LogP) is 2.18. The van der Waals surface area contributed by atoms with E-state index < -0.39 is 16.0 Å². The molecule has 0 bridgehead atoms. The van der Waals surface area contributed by atoms with Gasteiger partial charge in [-0.05, 0) is 31.7 Å². The van der Waals surface area contributed by atoms with Gasteiger partial charge in [0.2, 0.25) is 10.0 Å². The van der Waals surface area contributed by atoms with Gasteiger partial charge in [0.15, 0.2) is 0 Å². The molecular weight excluding hydrogens is 286 g/mol. The van der Waals surface area contributed by atoms with Crippen molar-refractivity contribution in [2.24, 2.45) is 5.92 Å². The molecule has 5 nitrogen and oxygen atoms in total. The topological polar surface area (TPSA) is 74.7 Å². The summed E-state index contributed by atoms with van der Waals surface area (Å²) in [5.74, 6) is -0.645. The number of hydrogen-bond acceptors (Lipinski definition) is 4. The number of sulfonamides is 1. The number of carboxylic acids is 1. The van der Waals surface area contributed by atoms with E-state index in [0.717, 1.165) is 24.2 Å². The monoisotopic (exact) mass is 303 g/mol. The third-order valence-corrected chi connectivity index (χ3v) is 6.63. The molecule has 0 unspecified atom stereocenters. The lowest BCUT2D eigenvalue weighted by Gasteiger charge is -2.29. The van der Waals surface area contributed by atoms with Crippen LogP contribution in [0.5, 0.6) is 0 Å². The normalized spacial score (nSPS) is 16.6. The second-order valence-electron chi connectivity index (χ2n) is 4.92. The molecule has 2 rings (SSSR count). The molecule has 0 radical (unpaired) electrons. The second kappa shape index (κ2) is 5.22. The Labute approximate surface area is 116 Å². The Kier molecular flexibility index (Phi) is 3.98. The lowest BCUT2D eigenvalue weighted by Crippen LogP contribution is -2.34. The van der Waals surface area contributed by atoms with Crippen molar-refractivity contribution < 1.29 is 18.3 Å². The van der Waals surface area contributed by atoms with Crippen LogP contribution in [0.25, 0.3) is 0 Å². The van der Waals surface area contributed by atoms with E-state index in [-0.39, 0.29) is 9.77 Å². The Morgan fingerprint density at radius 3 is 2.58 bits per heavy atom. The van der Waals surface area contributed by atoms with Crippen LogP contribution in [-0.4, -0.2) is 37.4 Å². The highest BCUT2D eigenvalue weighted by Gasteiger charge is 2.29. The summed E-state index contributed by atoms with van der Waals surface area (Å²) in [5.41, 5.74) is 0. The van der Waals surface area contributed by atoms with E-state index >= 15 is 0 Å². The van der Waals surface area contributed by atoms with E-state index in [9.17, 15) is 13.2 Å². The van der Waals surface area contributed by atoms with Crippen LogP contribution in [0.15, 0.2) is 11.0 Å². The number of aryl methyl sites for hydroxylation is 1. The van der Waals surface area contributed by atoms with Crippen LogP contribution in [-0.2, 0) is 10.0 Å². The fourth-order valence-corrected chi connectivity index (χ4v) is 4.77. The third-order valence-electron chi connectivity index (χ3n) is 3.51. The standard InChI is InChI=1S/C12H17NO4S2/c1-8-11(6-10(18-8)12(14)15)19(16,17)13(2)7-9-4-3-5-9/h6,9H,3-5,7H2,1-2H3,(H,14,15). The first-order valence-corrected chi connectivity index (χ1v) is 8.38. The number of thiophene rings is 1. The third kappa shape index (κ3) is 2.82. The van der Waals surface area contributed by atoms with Gasteiger partial charge >= 0.3 is 5.97 Å². The first-order valence-electron chi connectivity index (χ1n) is 6.12. The van der Waals surface area contributed by atoms with Crippen LogP contribution in [0.2, 0.25) is 0 Å². The molecule has 106 valence electrons. The maximum absolute atomic E-state index is 12.4. The fourth-order valence-electron chi connectivity index (χ4n) is 2.13. The van der Waals surface area contributed by atoms with Crippen molar-refractivity contribution >= 4 is 27.3 Å². The lowest BCUT2D eigenvalue weighted by atomic mass is 9.86. The molecule has 1 saturated carbocycles. The van der Waals surface area contributed by atoms with Crippen LogP contribution in [0, 0.1) is 12.8 Å². The molecule has 1 aliphatic carbocycles. The quantitative estimate of drug-likeness (QED) is 0.904. The van der Waals surface area contributed by atoms with Gasteiger partial charge in [-0.15, -0.1) is 11.3 Å². The van der Waals surface area contributed by atoms with Gasteiger partial charge < -0.3 is 5.11 Å². The molecule has 0 amide bonds. The van der Waals surface area contributed by atoms with Crippen molar-refractivity contribution in [1.82, 2.24) is 4.31 Å². The molecule has 0 aliphatic heterocycles. The predicted molar refractivity (Wildman–Crippen MR) is 73.2 cm³/mol. The van der Waals surface area contributed by atoms with Gasteiger partial charge in [0.1, 0.15) is 4.88 Å². The van der Waals surface area contributed by atoms with Crippen LogP contribution in [0.3, 0.4) is 0 Å². The molecular formula is C12H17NO4S2. The summed E-state index contributed by atoms with van der Waals surface area (Å²) >= 11 is 1.000. The second-order valence-corrected chi connectivity index (χ2v) is 8.19. The molecule has 0 spiro atoms. The molecule has 0 saturated heterocycles. The van der Waals surface area contributed by atoms with Crippen LogP contribution >= 0.6 is 11.3 Å². The first kappa shape index (κ1) is 14.5. The van der Waals surface area contributed by atoms with Crippen molar-refractivity contribution in [3.8, 4) is 0 Å². The summed E-state index contributed by atoms with van der Waals surface area (Å²) in [4.78, 5) is 11.6. The lowest BCUT2D eigenvalue weighted by molar-refractivity contribution is 0.0702. The number of rotatable bonds is 5. The van der Waals surface area contributed by atoms with Gasteiger partial charge in [-0.3, -0.25) is 0 Å². The number of nitrogens with zero attached hydrogens (tertiary/aromatic N) is 1. The van der Waals surface area contributed by atoms with Crippen molar-refractivity contribution in [1.29, 1.82) is 0 Å². The highest BCUT2D eigenvalue weighted by atomic mass is 32.2.